The summed E-state index contributed by atoms with van der Waals surface area (Å²) in [7, 11) is 0. The zero-order valence-electron chi connectivity index (χ0n) is 17.4. The van der Waals surface area contributed by atoms with Crippen LogP contribution in [0.5, 0.6) is 0 Å². The average Bonchev–Trinajstić information content (AvgIpc) is 2.96. The summed E-state index contributed by atoms with van der Waals surface area (Å²) in [5.41, 5.74) is 4.87. The third kappa shape index (κ3) is 3.94. The molecule has 30 heavy (non-hydrogen) atoms. The van der Waals surface area contributed by atoms with Crippen molar-refractivity contribution in [3.63, 3.8) is 0 Å². The SMILES string of the molecule is Cc1ccc(NC(=O)N2C=C(C(=O)OC(C)C)c3[nH]c4ccccc4c3CC2)cc1. The second-order valence-electron chi connectivity index (χ2n) is 7.76. The molecular formula is C24H25N3O3. The van der Waals surface area contributed by atoms with E-state index in [0.717, 1.165) is 22.0 Å². The third-order valence-electron chi connectivity index (χ3n) is 5.10. The van der Waals surface area contributed by atoms with E-state index in [1.54, 1.807) is 11.1 Å². The number of nitrogens with one attached hydrogen (secondary N) is 2. The average molecular weight is 403 g/mol. The van der Waals surface area contributed by atoms with Crippen molar-refractivity contribution in [1.82, 2.24) is 9.88 Å². The van der Waals surface area contributed by atoms with E-state index in [0.29, 0.717) is 29.9 Å². The molecule has 154 valence electrons. The van der Waals surface area contributed by atoms with Gasteiger partial charge in [-0.15, -0.1) is 0 Å². The van der Waals surface area contributed by atoms with E-state index in [1.165, 1.54) is 0 Å². The van der Waals surface area contributed by atoms with Gasteiger partial charge in [0.1, 0.15) is 0 Å². The van der Waals surface area contributed by atoms with Gasteiger partial charge in [-0.05, 0) is 51.0 Å². The first-order valence-corrected chi connectivity index (χ1v) is 10.1. The Labute approximate surface area is 175 Å². The van der Waals surface area contributed by atoms with Crippen LogP contribution in [0, 0.1) is 6.92 Å². The predicted molar refractivity (Wildman–Crippen MR) is 118 cm³/mol. The zero-order chi connectivity index (χ0) is 21.3. The molecule has 1 aromatic heterocycles. The number of rotatable bonds is 3. The lowest BCUT2D eigenvalue weighted by Gasteiger charge is -2.19. The van der Waals surface area contributed by atoms with Crippen LogP contribution in [0.1, 0.15) is 30.7 Å². The fourth-order valence-electron chi connectivity index (χ4n) is 3.63. The number of anilines is 1. The van der Waals surface area contributed by atoms with Crippen LogP contribution < -0.4 is 5.32 Å². The number of hydrogen-bond acceptors (Lipinski definition) is 3. The molecule has 0 spiro atoms. The summed E-state index contributed by atoms with van der Waals surface area (Å²) in [5.74, 6) is -0.451. The van der Waals surface area contributed by atoms with Gasteiger partial charge in [0.2, 0.25) is 0 Å². The highest BCUT2D eigenvalue weighted by atomic mass is 16.5. The van der Waals surface area contributed by atoms with Crippen molar-refractivity contribution in [2.75, 3.05) is 11.9 Å². The second-order valence-corrected chi connectivity index (χ2v) is 7.76. The first kappa shape index (κ1) is 19.8. The van der Waals surface area contributed by atoms with Crippen LogP contribution in [0.4, 0.5) is 10.5 Å². The number of H-pyrrole nitrogens is 1. The number of carbonyl (C=O) groups is 2. The van der Waals surface area contributed by atoms with Crippen LogP contribution in [0.25, 0.3) is 16.5 Å². The molecule has 2 heterocycles. The number of carbonyl (C=O) groups excluding carboxylic acids is 2. The van der Waals surface area contributed by atoms with Crippen molar-refractivity contribution in [2.45, 2.75) is 33.3 Å². The number of ether oxygens (including phenoxy) is 1. The number of fused-ring (bicyclic) bond motifs is 3. The standard InChI is InChI=1S/C24H25N3O3/c1-15(2)30-23(28)20-14-27(24(29)25-17-10-8-16(3)9-11-17)13-12-19-18-6-4-5-7-21(18)26-22(19)20/h4-11,14-15,26H,12-13H2,1-3H3,(H,25,29). The number of para-hydroxylation sites is 1. The first-order valence-electron chi connectivity index (χ1n) is 10.1. The number of nitrogens with zero attached hydrogens (tertiary/aromatic N) is 1. The Bertz CT molecular complexity index is 1130. The molecule has 2 N–H and O–H groups in total. The summed E-state index contributed by atoms with van der Waals surface area (Å²) < 4.78 is 5.47. The Hall–Kier alpha value is -3.54. The Morgan fingerprint density at radius 1 is 1.10 bits per heavy atom. The lowest BCUT2D eigenvalue weighted by atomic mass is 10.0. The molecule has 0 atom stereocenters. The quantitative estimate of drug-likeness (QED) is 0.614. The van der Waals surface area contributed by atoms with E-state index < -0.39 is 5.97 Å². The molecule has 0 fully saturated rings. The van der Waals surface area contributed by atoms with Crippen LogP contribution in [0.3, 0.4) is 0 Å². The maximum absolute atomic E-state index is 12.9. The minimum absolute atomic E-state index is 0.260. The fourth-order valence-corrected chi connectivity index (χ4v) is 3.63. The van der Waals surface area contributed by atoms with Crippen molar-refractivity contribution >= 4 is 34.2 Å². The van der Waals surface area contributed by atoms with Crippen molar-refractivity contribution in [1.29, 1.82) is 0 Å². The van der Waals surface area contributed by atoms with Gasteiger partial charge in [0.15, 0.2) is 0 Å². The second kappa shape index (κ2) is 8.06. The minimum atomic E-state index is -0.451. The first-order chi connectivity index (χ1) is 14.4. The highest BCUT2D eigenvalue weighted by Crippen LogP contribution is 2.31. The van der Waals surface area contributed by atoms with Crippen molar-refractivity contribution in [3.05, 3.63) is 71.6 Å². The number of hydrogen-bond donors (Lipinski definition) is 2. The fraction of sp³-hybridized carbons (Fsp3) is 0.250. The number of aromatic nitrogens is 1. The van der Waals surface area contributed by atoms with E-state index in [4.69, 9.17) is 4.74 Å². The van der Waals surface area contributed by atoms with Gasteiger partial charge >= 0.3 is 12.0 Å². The summed E-state index contributed by atoms with van der Waals surface area (Å²) in [6, 6.07) is 15.2. The monoisotopic (exact) mass is 403 g/mol. The van der Waals surface area contributed by atoms with Gasteiger partial charge in [0.25, 0.3) is 0 Å². The summed E-state index contributed by atoms with van der Waals surface area (Å²) in [4.78, 5) is 30.7. The smallest absolute Gasteiger partial charge is 0.342 e. The Balaban J connectivity index is 1.70. The Kier molecular flexibility index (Phi) is 5.31. The number of esters is 1. The van der Waals surface area contributed by atoms with Crippen LogP contribution in [0.2, 0.25) is 0 Å². The number of urea groups is 1. The summed E-state index contributed by atoms with van der Waals surface area (Å²) in [6.45, 7) is 6.06. The van der Waals surface area contributed by atoms with Crippen LogP contribution in [0.15, 0.2) is 54.7 Å². The predicted octanol–water partition coefficient (Wildman–Crippen LogP) is 4.86. The number of aromatic amines is 1. The van der Waals surface area contributed by atoms with Gasteiger partial charge in [0.05, 0.1) is 17.4 Å². The molecule has 0 unspecified atom stereocenters. The van der Waals surface area contributed by atoms with Crippen LogP contribution >= 0.6 is 0 Å². The van der Waals surface area contributed by atoms with Crippen molar-refractivity contribution < 1.29 is 14.3 Å². The van der Waals surface area contributed by atoms with Gasteiger partial charge in [-0.1, -0.05) is 35.9 Å². The number of amides is 2. The highest BCUT2D eigenvalue weighted by Gasteiger charge is 2.27. The molecule has 0 saturated carbocycles. The lowest BCUT2D eigenvalue weighted by Crippen LogP contribution is -2.32. The molecule has 1 aliphatic rings. The molecule has 2 amide bonds. The normalized spacial score (nSPS) is 13.6. The molecule has 6 nitrogen and oxygen atoms in total. The summed E-state index contributed by atoms with van der Waals surface area (Å²) in [5, 5.41) is 3.96. The van der Waals surface area contributed by atoms with E-state index in [9.17, 15) is 9.59 Å². The van der Waals surface area contributed by atoms with Gasteiger partial charge in [-0.2, -0.15) is 0 Å². The topological polar surface area (TPSA) is 74.4 Å². The highest BCUT2D eigenvalue weighted by molar-refractivity contribution is 6.18. The Morgan fingerprint density at radius 2 is 1.83 bits per heavy atom. The van der Waals surface area contributed by atoms with E-state index in [1.807, 2.05) is 69.3 Å². The van der Waals surface area contributed by atoms with Gasteiger partial charge in [-0.25, -0.2) is 9.59 Å². The molecule has 1 aliphatic heterocycles. The largest absolute Gasteiger partial charge is 0.459 e. The molecule has 0 saturated heterocycles. The van der Waals surface area contributed by atoms with Gasteiger partial charge in [0, 0.05) is 29.3 Å². The van der Waals surface area contributed by atoms with Gasteiger partial charge in [-0.3, -0.25) is 4.90 Å². The van der Waals surface area contributed by atoms with Crippen LogP contribution in [-0.4, -0.2) is 34.5 Å². The van der Waals surface area contributed by atoms with E-state index >= 15 is 0 Å². The number of benzene rings is 2. The van der Waals surface area contributed by atoms with Crippen LogP contribution in [-0.2, 0) is 16.0 Å². The summed E-state index contributed by atoms with van der Waals surface area (Å²) in [6.07, 6.45) is 1.95. The van der Waals surface area contributed by atoms with E-state index in [2.05, 4.69) is 10.3 Å². The minimum Gasteiger partial charge on any atom is -0.459 e. The summed E-state index contributed by atoms with van der Waals surface area (Å²) >= 11 is 0. The third-order valence-corrected chi connectivity index (χ3v) is 5.10. The number of aryl methyl sites for hydroxylation is 1. The molecule has 0 radical (unpaired) electrons. The maximum Gasteiger partial charge on any atom is 0.342 e. The molecule has 2 aromatic carbocycles. The van der Waals surface area contributed by atoms with Gasteiger partial charge < -0.3 is 15.0 Å². The Morgan fingerprint density at radius 3 is 2.57 bits per heavy atom. The van der Waals surface area contributed by atoms with E-state index in [-0.39, 0.29) is 12.1 Å². The molecule has 3 aromatic rings. The molecule has 6 heteroatoms. The van der Waals surface area contributed by atoms with Crippen molar-refractivity contribution in [2.24, 2.45) is 0 Å². The molecular weight excluding hydrogens is 378 g/mol. The molecule has 0 bridgehead atoms. The maximum atomic E-state index is 12.9. The molecule has 0 aliphatic carbocycles. The van der Waals surface area contributed by atoms with Crippen molar-refractivity contribution in [3.8, 4) is 0 Å². The lowest BCUT2D eigenvalue weighted by molar-refractivity contribution is -0.140. The zero-order valence-corrected chi connectivity index (χ0v) is 17.4. The molecule has 4 rings (SSSR count).